The van der Waals surface area contributed by atoms with Gasteiger partial charge >= 0.3 is 5.97 Å². The van der Waals surface area contributed by atoms with Crippen LogP contribution >= 0.6 is 0 Å². The van der Waals surface area contributed by atoms with Crippen LogP contribution in [0.2, 0.25) is 0 Å². The number of hydroxylamine groups is 2. The van der Waals surface area contributed by atoms with Gasteiger partial charge in [-0.3, -0.25) is 0 Å². The molecule has 0 aliphatic carbocycles. The predicted octanol–water partition coefficient (Wildman–Crippen LogP) is 4.01. The first-order chi connectivity index (χ1) is 8.65. The number of piperidine rings is 1. The molecule has 0 aromatic rings. The average Bonchev–Trinajstić information content (AvgIpc) is 2.22. The van der Waals surface area contributed by atoms with Crippen molar-refractivity contribution in [3.8, 4) is 0 Å². The minimum Gasteiger partial charge on any atom is -0.363 e. The molecule has 0 amide bonds. The molecule has 108 valence electrons. The summed E-state index contributed by atoms with van der Waals surface area (Å²) in [5, 5.41) is 1.87. The highest BCUT2D eigenvalue weighted by molar-refractivity contribution is 5.82. The molecule has 0 bridgehead atoms. The minimum atomic E-state index is -0.305. The van der Waals surface area contributed by atoms with Crippen molar-refractivity contribution < 1.29 is 9.63 Å². The lowest BCUT2D eigenvalue weighted by atomic mass is 9.82. The van der Waals surface area contributed by atoms with Gasteiger partial charge in [0.2, 0.25) is 0 Å². The van der Waals surface area contributed by atoms with Crippen molar-refractivity contribution in [1.82, 2.24) is 5.06 Å². The minimum absolute atomic E-state index is 0.109. The van der Waals surface area contributed by atoms with E-state index in [1.165, 1.54) is 12.5 Å². The standard InChI is InChI=1S/C16H27NO2/c1-13(2)9-7-10-14(18)19-17-15(3,4)11-8-12-16(17,5)6/h7,9-10H,8,11-12H2,1-6H3/b10-7+. The van der Waals surface area contributed by atoms with E-state index in [0.29, 0.717) is 0 Å². The fraction of sp³-hybridized carbons (Fsp3) is 0.688. The lowest BCUT2D eigenvalue weighted by Gasteiger charge is -2.50. The molecule has 0 spiro atoms. The smallest absolute Gasteiger partial charge is 0.349 e. The van der Waals surface area contributed by atoms with E-state index in [1.807, 2.05) is 25.0 Å². The Labute approximate surface area is 117 Å². The topological polar surface area (TPSA) is 29.5 Å². The Morgan fingerprint density at radius 3 is 2.11 bits per heavy atom. The second kappa shape index (κ2) is 5.91. The van der Waals surface area contributed by atoms with E-state index in [-0.39, 0.29) is 17.0 Å². The third kappa shape index (κ3) is 4.50. The Kier molecular flexibility index (Phi) is 4.97. The molecule has 0 saturated carbocycles. The van der Waals surface area contributed by atoms with Crippen molar-refractivity contribution in [2.24, 2.45) is 0 Å². The maximum Gasteiger partial charge on any atom is 0.349 e. The molecule has 0 unspecified atom stereocenters. The van der Waals surface area contributed by atoms with E-state index in [2.05, 4.69) is 27.7 Å². The number of carbonyl (C=O) groups is 1. The molecular weight excluding hydrogens is 238 g/mol. The lowest BCUT2D eigenvalue weighted by Crippen LogP contribution is -2.58. The zero-order valence-corrected chi connectivity index (χ0v) is 13.1. The Bertz CT molecular complexity index is 372. The van der Waals surface area contributed by atoms with Crippen molar-refractivity contribution in [1.29, 1.82) is 0 Å². The zero-order chi connectivity index (χ0) is 14.7. The molecule has 0 N–H and O–H groups in total. The Balaban J connectivity index is 2.75. The summed E-state index contributed by atoms with van der Waals surface area (Å²) in [6.45, 7) is 12.5. The summed E-state index contributed by atoms with van der Waals surface area (Å²) in [5.41, 5.74) is 0.937. The molecule has 0 aromatic heterocycles. The van der Waals surface area contributed by atoms with E-state index in [9.17, 15) is 4.79 Å². The third-order valence-corrected chi connectivity index (χ3v) is 3.52. The molecule has 3 nitrogen and oxygen atoms in total. The van der Waals surface area contributed by atoms with Crippen LogP contribution in [0.15, 0.2) is 23.8 Å². The number of nitrogens with zero attached hydrogens (tertiary/aromatic N) is 1. The van der Waals surface area contributed by atoms with Crippen LogP contribution in [-0.4, -0.2) is 22.1 Å². The summed E-state index contributed by atoms with van der Waals surface area (Å²) < 4.78 is 0. The van der Waals surface area contributed by atoms with Crippen LogP contribution in [0.3, 0.4) is 0 Å². The SMILES string of the molecule is CC(C)=C/C=C/C(=O)ON1C(C)(C)CCCC1(C)C. The summed E-state index contributed by atoms with van der Waals surface area (Å²) >= 11 is 0. The molecular formula is C16H27NO2. The van der Waals surface area contributed by atoms with Crippen LogP contribution < -0.4 is 0 Å². The fourth-order valence-corrected chi connectivity index (χ4v) is 2.66. The van der Waals surface area contributed by atoms with Gasteiger partial charge in [-0.05, 0) is 60.8 Å². The predicted molar refractivity (Wildman–Crippen MR) is 78.5 cm³/mol. The first-order valence-electron chi connectivity index (χ1n) is 6.99. The normalized spacial score (nSPS) is 22.2. The van der Waals surface area contributed by atoms with Gasteiger partial charge in [0.15, 0.2) is 0 Å². The van der Waals surface area contributed by atoms with Crippen LogP contribution in [0.25, 0.3) is 0 Å². The summed E-state index contributed by atoms with van der Waals surface area (Å²) in [7, 11) is 0. The number of carbonyl (C=O) groups excluding carboxylic acids is 1. The number of allylic oxidation sites excluding steroid dienone is 3. The van der Waals surface area contributed by atoms with Gasteiger partial charge in [0.25, 0.3) is 0 Å². The molecule has 1 saturated heterocycles. The van der Waals surface area contributed by atoms with Crippen LogP contribution in [-0.2, 0) is 9.63 Å². The van der Waals surface area contributed by atoms with Gasteiger partial charge in [0.05, 0.1) is 11.1 Å². The zero-order valence-electron chi connectivity index (χ0n) is 13.1. The summed E-state index contributed by atoms with van der Waals surface area (Å²) in [5.74, 6) is -0.305. The fourth-order valence-electron chi connectivity index (χ4n) is 2.66. The second-order valence-corrected chi connectivity index (χ2v) is 6.79. The van der Waals surface area contributed by atoms with Crippen molar-refractivity contribution >= 4 is 5.97 Å². The van der Waals surface area contributed by atoms with Gasteiger partial charge < -0.3 is 4.84 Å². The van der Waals surface area contributed by atoms with Crippen LogP contribution in [0.5, 0.6) is 0 Å². The van der Waals surface area contributed by atoms with E-state index in [4.69, 9.17) is 4.84 Å². The van der Waals surface area contributed by atoms with Crippen LogP contribution in [0, 0.1) is 0 Å². The maximum absolute atomic E-state index is 11.9. The molecule has 1 fully saturated rings. The Morgan fingerprint density at radius 2 is 1.63 bits per heavy atom. The maximum atomic E-state index is 11.9. The van der Waals surface area contributed by atoms with Crippen LogP contribution in [0.1, 0.15) is 60.8 Å². The average molecular weight is 265 g/mol. The quantitative estimate of drug-likeness (QED) is 0.570. The summed E-state index contributed by atoms with van der Waals surface area (Å²) in [6, 6.07) is 0. The highest BCUT2D eigenvalue weighted by atomic mass is 16.7. The Morgan fingerprint density at radius 1 is 1.11 bits per heavy atom. The molecule has 1 aliphatic heterocycles. The van der Waals surface area contributed by atoms with Crippen molar-refractivity contribution in [3.05, 3.63) is 23.8 Å². The number of rotatable bonds is 3. The molecule has 0 radical (unpaired) electrons. The molecule has 3 heteroatoms. The highest BCUT2D eigenvalue weighted by Crippen LogP contribution is 2.38. The van der Waals surface area contributed by atoms with Gasteiger partial charge in [-0.1, -0.05) is 17.7 Å². The highest BCUT2D eigenvalue weighted by Gasteiger charge is 2.44. The number of hydrogen-bond acceptors (Lipinski definition) is 3. The second-order valence-electron chi connectivity index (χ2n) is 6.79. The lowest BCUT2D eigenvalue weighted by molar-refractivity contribution is -0.261. The molecule has 1 aliphatic rings. The van der Waals surface area contributed by atoms with E-state index < -0.39 is 0 Å². The van der Waals surface area contributed by atoms with Crippen molar-refractivity contribution in [3.63, 3.8) is 0 Å². The van der Waals surface area contributed by atoms with E-state index >= 15 is 0 Å². The van der Waals surface area contributed by atoms with Crippen LogP contribution in [0.4, 0.5) is 0 Å². The van der Waals surface area contributed by atoms with Gasteiger partial charge in [-0.2, -0.15) is 0 Å². The third-order valence-electron chi connectivity index (χ3n) is 3.52. The summed E-state index contributed by atoms with van der Waals surface area (Å²) in [4.78, 5) is 17.5. The molecule has 0 atom stereocenters. The van der Waals surface area contributed by atoms with Gasteiger partial charge in [0, 0.05) is 6.08 Å². The first kappa shape index (κ1) is 16.0. The van der Waals surface area contributed by atoms with Gasteiger partial charge in [0.1, 0.15) is 0 Å². The van der Waals surface area contributed by atoms with Gasteiger partial charge in [-0.25, -0.2) is 4.79 Å². The van der Waals surface area contributed by atoms with Crippen molar-refractivity contribution in [2.45, 2.75) is 71.9 Å². The largest absolute Gasteiger partial charge is 0.363 e. The summed E-state index contributed by atoms with van der Waals surface area (Å²) in [6.07, 6.45) is 8.37. The van der Waals surface area contributed by atoms with E-state index in [1.54, 1.807) is 6.08 Å². The Hall–Kier alpha value is -1.09. The first-order valence-corrected chi connectivity index (χ1v) is 6.99. The molecule has 0 aromatic carbocycles. The van der Waals surface area contributed by atoms with E-state index in [0.717, 1.165) is 18.4 Å². The number of hydrogen-bond donors (Lipinski definition) is 0. The molecule has 1 rings (SSSR count). The molecule has 1 heterocycles. The molecule has 19 heavy (non-hydrogen) atoms. The monoisotopic (exact) mass is 265 g/mol. The van der Waals surface area contributed by atoms with Gasteiger partial charge in [-0.15, -0.1) is 5.06 Å². The van der Waals surface area contributed by atoms with Crippen molar-refractivity contribution in [2.75, 3.05) is 0 Å².